The standard InChI is InChI=1S/C23H21FN2O3S/c1-28-20-7-6-15(11-21(20)29-2)13-25-23(27)19-12-22-18(8-9-30-22)26(19)14-16-4-3-5-17(24)10-16/h3-12H,13-14H2,1-2H3,(H,25,27). The lowest BCUT2D eigenvalue weighted by Gasteiger charge is -2.12. The van der Waals surface area contributed by atoms with Crippen molar-refractivity contribution in [3.8, 4) is 11.5 Å². The van der Waals surface area contributed by atoms with Gasteiger partial charge in [-0.25, -0.2) is 4.39 Å². The lowest BCUT2D eigenvalue weighted by Crippen LogP contribution is -2.25. The maximum absolute atomic E-state index is 13.6. The molecule has 7 heteroatoms. The number of nitrogens with zero attached hydrogens (tertiary/aromatic N) is 1. The molecule has 0 aliphatic carbocycles. The smallest absolute Gasteiger partial charge is 0.268 e. The number of hydrogen-bond acceptors (Lipinski definition) is 4. The molecule has 4 rings (SSSR count). The Hall–Kier alpha value is -3.32. The molecule has 0 aliphatic rings. The quantitative estimate of drug-likeness (QED) is 0.462. The second-order valence-electron chi connectivity index (χ2n) is 6.79. The van der Waals surface area contributed by atoms with E-state index in [2.05, 4.69) is 5.32 Å². The third kappa shape index (κ3) is 4.02. The van der Waals surface area contributed by atoms with Crippen molar-refractivity contribution in [1.29, 1.82) is 0 Å². The van der Waals surface area contributed by atoms with Crippen LogP contribution in [0.3, 0.4) is 0 Å². The van der Waals surface area contributed by atoms with Gasteiger partial charge in [-0.15, -0.1) is 11.3 Å². The summed E-state index contributed by atoms with van der Waals surface area (Å²) in [6.45, 7) is 0.759. The maximum Gasteiger partial charge on any atom is 0.268 e. The molecule has 5 nitrogen and oxygen atoms in total. The molecule has 0 unspecified atom stereocenters. The number of fused-ring (bicyclic) bond motifs is 1. The second-order valence-corrected chi connectivity index (χ2v) is 7.74. The Morgan fingerprint density at radius 2 is 1.87 bits per heavy atom. The van der Waals surface area contributed by atoms with E-state index in [1.807, 2.05) is 46.3 Å². The van der Waals surface area contributed by atoms with Crippen LogP contribution in [0, 0.1) is 5.82 Å². The van der Waals surface area contributed by atoms with Crippen molar-refractivity contribution in [3.05, 3.63) is 82.6 Å². The van der Waals surface area contributed by atoms with Gasteiger partial charge in [0.05, 0.1) is 24.4 Å². The summed E-state index contributed by atoms with van der Waals surface area (Å²) in [6.07, 6.45) is 0. The second kappa shape index (κ2) is 8.59. The lowest BCUT2D eigenvalue weighted by molar-refractivity contribution is 0.0942. The van der Waals surface area contributed by atoms with Crippen LogP contribution in [0.2, 0.25) is 0 Å². The van der Waals surface area contributed by atoms with E-state index in [4.69, 9.17) is 9.47 Å². The van der Waals surface area contributed by atoms with E-state index in [0.29, 0.717) is 30.3 Å². The van der Waals surface area contributed by atoms with Gasteiger partial charge in [-0.3, -0.25) is 4.79 Å². The number of nitrogens with one attached hydrogen (secondary N) is 1. The number of aromatic nitrogens is 1. The molecule has 1 amide bonds. The van der Waals surface area contributed by atoms with Crippen LogP contribution < -0.4 is 14.8 Å². The van der Waals surface area contributed by atoms with Crippen LogP contribution in [-0.4, -0.2) is 24.7 Å². The third-order valence-electron chi connectivity index (χ3n) is 4.89. The number of amides is 1. The van der Waals surface area contributed by atoms with Gasteiger partial charge in [0.1, 0.15) is 11.5 Å². The van der Waals surface area contributed by atoms with E-state index in [9.17, 15) is 9.18 Å². The number of carbonyl (C=O) groups excluding carboxylic acids is 1. The fourth-order valence-electron chi connectivity index (χ4n) is 3.42. The number of carbonyl (C=O) groups is 1. The molecule has 2 aromatic carbocycles. The van der Waals surface area contributed by atoms with E-state index >= 15 is 0 Å². The van der Waals surface area contributed by atoms with Gasteiger partial charge < -0.3 is 19.4 Å². The van der Waals surface area contributed by atoms with Crippen molar-refractivity contribution < 1.29 is 18.7 Å². The molecule has 0 spiro atoms. The number of halogens is 1. The Morgan fingerprint density at radius 3 is 2.63 bits per heavy atom. The van der Waals surface area contributed by atoms with Crippen molar-refractivity contribution in [2.75, 3.05) is 14.2 Å². The van der Waals surface area contributed by atoms with E-state index in [-0.39, 0.29) is 11.7 Å². The van der Waals surface area contributed by atoms with Gasteiger partial charge >= 0.3 is 0 Å². The summed E-state index contributed by atoms with van der Waals surface area (Å²) in [7, 11) is 3.16. The first kappa shape index (κ1) is 20.0. The average molecular weight is 424 g/mol. The maximum atomic E-state index is 13.6. The average Bonchev–Trinajstić information content (AvgIpc) is 3.34. The van der Waals surface area contributed by atoms with Gasteiger partial charge in [0, 0.05) is 13.1 Å². The highest BCUT2D eigenvalue weighted by molar-refractivity contribution is 7.17. The molecule has 1 N–H and O–H groups in total. The summed E-state index contributed by atoms with van der Waals surface area (Å²) >= 11 is 1.57. The monoisotopic (exact) mass is 424 g/mol. The Morgan fingerprint density at radius 1 is 1.03 bits per heavy atom. The van der Waals surface area contributed by atoms with Gasteiger partial charge in [-0.1, -0.05) is 18.2 Å². The number of rotatable bonds is 7. The van der Waals surface area contributed by atoms with Crippen LogP contribution in [0.5, 0.6) is 11.5 Å². The first-order valence-corrected chi connectivity index (χ1v) is 10.3. The largest absolute Gasteiger partial charge is 0.493 e. The van der Waals surface area contributed by atoms with Crippen molar-refractivity contribution in [2.45, 2.75) is 13.1 Å². The highest BCUT2D eigenvalue weighted by Crippen LogP contribution is 2.28. The molecular formula is C23H21FN2O3S. The van der Waals surface area contributed by atoms with Crippen LogP contribution in [0.4, 0.5) is 4.39 Å². The summed E-state index contributed by atoms with van der Waals surface area (Å²) < 4.78 is 27.1. The molecule has 30 heavy (non-hydrogen) atoms. The molecule has 0 fully saturated rings. The van der Waals surface area contributed by atoms with Crippen LogP contribution in [0.25, 0.3) is 10.2 Å². The molecule has 0 saturated carbocycles. The Bertz CT molecular complexity index is 1200. The number of methoxy groups -OCH3 is 2. The van der Waals surface area contributed by atoms with Crippen LogP contribution >= 0.6 is 11.3 Å². The highest BCUT2D eigenvalue weighted by atomic mass is 32.1. The summed E-state index contributed by atoms with van der Waals surface area (Å²) in [5.41, 5.74) is 3.20. The molecule has 4 aromatic rings. The SMILES string of the molecule is COc1ccc(CNC(=O)c2cc3sccc3n2Cc2cccc(F)c2)cc1OC. The van der Waals surface area contributed by atoms with Crippen molar-refractivity contribution in [1.82, 2.24) is 9.88 Å². The van der Waals surface area contributed by atoms with Gasteiger partial charge in [-0.05, 0) is 52.9 Å². The van der Waals surface area contributed by atoms with Crippen molar-refractivity contribution >= 4 is 27.5 Å². The number of hydrogen-bond donors (Lipinski definition) is 1. The summed E-state index contributed by atoms with van der Waals surface area (Å²) in [4.78, 5) is 13.0. The van der Waals surface area contributed by atoms with Crippen LogP contribution in [0.15, 0.2) is 60.0 Å². The number of thiophene rings is 1. The van der Waals surface area contributed by atoms with Gasteiger partial charge in [0.2, 0.25) is 0 Å². The molecule has 2 aromatic heterocycles. The van der Waals surface area contributed by atoms with Gasteiger partial charge in [0.25, 0.3) is 5.91 Å². The summed E-state index contributed by atoms with van der Waals surface area (Å²) in [6, 6.07) is 15.8. The first-order valence-electron chi connectivity index (χ1n) is 9.39. The minimum absolute atomic E-state index is 0.190. The fourth-order valence-corrected chi connectivity index (χ4v) is 4.24. The van der Waals surface area contributed by atoms with Crippen molar-refractivity contribution in [2.24, 2.45) is 0 Å². The molecular weight excluding hydrogens is 403 g/mol. The zero-order valence-corrected chi connectivity index (χ0v) is 17.5. The minimum Gasteiger partial charge on any atom is -0.493 e. The minimum atomic E-state index is -0.291. The zero-order chi connectivity index (χ0) is 21.1. The Balaban J connectivity index is 1.57. The molecule has 0 radical (unpaired) electrons. The lowest BCUT2D eigenvalue weighted by atomic mass is 10.2. The fraction of sp³-hybridized carbons (Fsp3) is 0.174. The third-order valence-corrected chi connectivity index (χ3v) is 5.74. The topological polar surface area (TPSA) is 52.5 Å². The molecule has 0 bridgehead atoms. The zero-order valence-electron chi connectivity index (χ0n) is 16.6. The normalized spacial score (nSPS) is 10.9. The van der Waals surface area contributed by atoms with Crippen LogP contribution in [-0.2, 0) is 13.1 Å². The first-order chi connectivity index (χ1) is 14.6. The Kier molecular flexibility index (Phi) is 5.72. The number of ether oxygens (including phenoxy) is 2. The number of benzene rings is 2. The van der Waals surface area contributed by atoms with Crippen LogP contribution in [0.1, 0.15) is 21.6 Å². The molecule has 154 valence electrons. The van der Waals surface area contributed by atoms with Crippen molar-refractivity contribution in [3.63, 3.8) is 0 Å². The van der Waals surface area contributed by atoms with E-state index < -0.39 is 0 Å². The van der Waals surface area contributed by atoms with Gasteiger partial charge in [0.15, 0.2) is 11.5 Å². The molecule has 0 atom stereocenters. The van der Waals surface area contributed by atoms with E-state index in [0.717, 1.165) is 21.3 Å². The summed E-state index contributed by atoms with van der Waals surface area (Å²) in [5.74, 6) is 0.765. The van der Waals surface area contributed by atoms with E-state index in [1.54, 1.807) is 31.6 Å². The predicted octanol–water partition coefficient (Wildman–Crippen LogP) is 4.84. The Labute approximate surface area is 177 Å². The molecule has 0 saturated heterocycles. The van der Waals surface area contributed by atoms with Gasteiger partial charge in [-0.2, -0.15) is 0 Å². The summed E-state index contributed by atoms with van der Waals surface area (Å²) in [5, 5.41) is 4.95. The predicted molar refractivity (Wildman–Crippen MR) is 116 cm³/mol. The molecule has 0 aliphatic heterocycles. The highest BCUT2D eigenvalue weighted by Gasteiger charge is 2.17. The molecule has 2 heterocycles. The van der Waals surface area contributed by atoms with E-state index in [1.165, 1.54) is 12.1 Å².